The zero-order valence-corrected chi connectivity index (χ0v) is 19.4. The fourth-order valence-electron chi connectivity index (χ4n) is 3.80. The summed E-state index contributed by atoms with van der Waals surface area (Å²) in [6, 6.07) is 15.6. The lowest BCUT2D eigenvalue weighted by molar-refractivity contribution is -0.134. The van der Waals surface area contributed by atoms with Crippen molar-refractivity contribution in [2.24, 2.45) is 5.92 Å². The van der Waals surface area contributed by atoms with Gasteiger partial charge in [0, 0.05) is 30.0 Å². The van der Waals surface area contributed by atoms with E-state index in [1.165, 1.54) is 0 Å². The molecular formula is C25H28BrNO5. The second-order valence-electron chi connectivity index (χ2n) is 8.06. The third kappa shape index (κ3) is 7.00. The zero-order chi connectivity index (χ0) is 22.9. The second-order valence-corrected chi connectivity index (χ2v) is 9.12. The van der Waals surface area contributed by atoms with E-state index in [9.17, 15) is 19.5 Å². The summed E-state index contributed by atoms with van der Waals surface area (Å²) in [6.07, 6.45) is 4.21. The molecule has 1 aliphatic rings. The van der Waals surface area contributed by atoms with Crippen LogP contribution in [0.1, 0.15) is 55.3 Å². The van der Waals surface area contributed by atoms with Crippen LogP contribution in [0.3, 0.4) is 0 Å². The lowest BCUT2D eigenvalue weighted by Gasteiger charge is -2.13. The van der Waals surface area contributed by atoms with Gasteiger partial charge in [-0.2, -0.15) is 0 Å². The number of aliphatic hydroxyl groups excluding tert-OH is 1. The molecule has 1 saturated carbocycles. The second kappa shape index (κ2) is 11.9. The summed E-state index contributed by atoms with van der Waals surface area (Å²) in [5, 5.41) is 12.5. The quantitative estimate of drug-likeness (QED) is 0.209. The van der Waals surface area contributed by atoms with Gasteiger partial charge in [-0.15, -0.1) is 0 Å². The normalized spacial score (nSPS) is 20.2. The topological polar surface area (TPSA) is 92.7 Å². The number of Topliss-reactive ketones (excluding diaryl/α,β-unsaturated/α-hetero) is 1. The van der Waals surface area contributed by atoms with Crippen LogP contribution in [-0.2, 0) is 9.59 Å². The van der Waals surface area contributed by atoms with Crippen molar-refractivity contribution in [1.82, 2.24) is 0 Å². The number of unbranched alkanes of at least 4 members (excludes halogenated alkanes) is 3. The summed E-state index contributed by atoms with van der Waals surface area (Å²) < 4.78 is 5.36. The van der Waals surface area contributed by atoms with Gasteiger partial charge in [0.15, 0.2) is 0 Å². The van der Waals surface area contributed by atoms with Crippen LogP contribution in [0.15, 0.2) is 54.6 Å². The van der Waals surface area contributed by atoms with Crippen LogP contribution in [-0.4, -0.2) is 33.7 Å². The van der Waals surface area contributed by atoms with E-state index >= 15 is 0 Å². The molecule has 0 bridgehead atoms. The highest BCUT2D eigenvalue weighted by atomic mass is 79.9. The van der Waals surface area contributed by atoms with Gasteiger partial charge in [0.25, 0.3) is 5.91 Å². The number of halogens is 1. The predicted molar refractivity (Wildman–Crippen MR) is 126 cm³/mol. The van der Waals surface area contributed by atoms with Crippen LogP contribution < -0.4 is 10.1 Å². The van der Waals surface area contributed by atoms with Crippen LogP contribution in [0.25, 0.3) is 0 Å². The van der Waals surface area contributed by atoms with Crippen LogP contribution in [0, 0.1) is 5.92 Å². The van der Waals surface area contributed by atoms with Gasteiger partial charge in [0.1, 0.15) is 11.5 Å². The van der Waals surface area contributed by atoms with Gasteiger partial charge >= 0.3 is 5.97 Å². The number of carbonyl (C=O) groups is 3. The molecule has 0 aliphatic heterocycles. The molecule has 1 amide bonds. The Balaban J connectivity index is 1.31. The number of rotatable bonds is 10. The molecule has 7 heteroatoms. The average molecular weight is 502 g/mol. The molecule has 32 heavy (non-hydrogen) atoms. The van der Waals surface area contributed by atoms with Gasteiger partial charge in [-0.05, 0) is 49.2 Å². The summed E-state index contributed by atoms with van der Waals surface area (Å²) in [4.78, 5) is 35.9. The fourth-order valence-corrected chi connectivity index (χ4v) is 4.55. The van der Waals surface area contributed by atoms with E-state index in [2.05, 4.69) is 21.2 Å². The number of ether oxygens (including phenoxy) is 1. The minimum atomic E-state index is -0.573. The van der Waals surface area contributed by atoms with Crippen LogP contribution >= 0.6 is 15.9 Å². The standard InChI is InChI=1S/C25H28BrNO5/c26-24-20(21(28)16-22(24)29)10-6-1-2-7-11-23(30)32-19-14-12-18(13-15-19)27-25(31)17-8-4-3-5-9-17/h3-5,8-9,12-15,20,22,24,29H,1-2,6-7,10-11,16H2,(H,27,31). The van der Waals surface area contributed by atoms with Crippen molar-refractivity contribution in [2.45, 2.75) is 55.9 Å². The molecular weight excluding hydrogens is 474 g/mol. The molecule has 6 nitrogen and oxygen atoms in total. The Morgan fingerprint density at radius 3 is 2.34 bits per heavy atom. The number of carbonyl (C=O) groups excluding carboxylic acids is 3. The number of ketones is 1. The maximum absolute atomic E-state index is 12.2. The Bertz CT molecular complexity index is 916. The molecule has 2 aromatic carbocycles. The number of amides is 1. The number of nitrogens with one attached hydrogen (secondary N) is 1. The van der Waals surface area contributed by atoms with Gasteiger partial charge in [0.2, 0.25) is 0 Å². The molecule has 0 aromatic heterocycles. The molecule has 0 saturated heterocycles. The van der Waals surface area contributed by atoms with E-state index in [4.69, 9.17) is 4.74 Å². The number of esters is 1. The number of aliphatic hydroxyl groups is 1. The molecule has 3 atom stereocenters. The molecule has 3 unspecified atom stereocenters. The fraction of sp³-hybridized carbons (Fsp3) is 0.400. The molecule has 0 spiro atoms. The molecule has 3 rings (SSSR count). The van der Waals surface area contributed by atoms with Crippen molar-refractivity contribution in [3.05, 3.63) is 60.2 Å². The Labute approximate surface area is 196 Å². The van der Waals surface area contributed by atoms with E-state index in [0.717, 1.165) is 32.1 Å². The van der Waals surface area contributed by atoms with E-state index in [-0.39, 0.29) is 34.8 Å². The highest BCUT2D eigenvalue weighted by molar-refractivity contribution is 9.09. The highest BCUT2D eigenvalue weighted by Crippen LogP contribution is 2.33. The van der Waals surface area contributed by atoms with Crippen molar-refractivity contribution in [2.75, 3.05) is 5.32 Å². The largest absolute Gasteiger partial charge is 0.427 e. The monoisotopic (exact) mass is 501 g/mol. The van der Waals surface area contributed by atoms with Crippen molar-refractivity contribution < 1.29 is 24.2 Å². The number of hydrogen-bond donors (Lipinski definition) is 2. The third-order valence-corrected chi connectivity index (χ3v) is 6.85. The van der Waals surface area contributed by atoms with Crippen molar-refractivity contribution >= 4 is 39.3 Å². The molecule has 1 aliphatic carbocycles. The number of alkyl halides is 1. The van der Waals surface area contributed by atoms with Gasteiger partial charge in [-0.1, -0.05) is 53.4 Å². The van der Waals surface area contributed by atoms with Crippen LogP contribution in [0.2, 0.25) is 0 Å². The van der Waals surface area contributed by atoms with E-state index < -0.39 is 6.10 Å². The highest BCUT2D eigenvalue weighted by Gasteiger charge is 2.39. The number of anilines is 1. The molecule has 2 aromatic rings. The van der Waals surface area contributed by atoms with Crippen LogP contribution in [0.5, 0.6) is 5.75 Å². The Kier molecular flexibility index (Phi) is 9.00. The smallest absolute Gasteiger partial charge is 0.311 e. The summed E-state index contributed by atoms with van der Waals surface area (Å²) in [6.45, 7) is 0. The Morgan fingerprint density at radius 1 is 1.00 bits per heavy atom. The first-order valence-electron chi connectivity index (χ1n) is 11.0. The maximum Gasteiger partial charge on any atom is 0.311 e. The summed E-state index contributed by atoms with van der Waals surface area (Å²) in [5.41, 5.74) is 1.19. The lowest BCUT2D eigenvalue weighted by atomic mass is 9.98. The Morgan fingerprint density at radius 2 is 1.69 bits per heavy atom. The third-order valence-electron chi connectivity index (χ3n) is 5.60. The van der Waals surface area contributed by atoms with Gasteiger partial charge in [0.05, 0.1) is 10.9 Å². The summed E-state index contributed by atoms with van der Waals surface area (Å²) in [7, 11) is 0. The van der Waals surface area contributed by atoms with E-state index in [1.54, 1.807) is 48.5 Å². The maximum atomic E-state index is 12.2. The average Bonchev–Trinajstić information content (AvgIpc) is 3.03. The summed E-state index contributed by atoms with van der Waals surface area (Å²) in [5.74, 6) is -0.0189. The van der Waals surface area contributed by atoms with Gasteiger partial charge in [-0.3, -0.25) is 14.4 Å². The first-order chi connectivity index (χ1) is 15.4. The zero-order valence-electron chi connectivity index (χ0n) is 17.8. The van der Waals surface area contributed by atoms with E-state index in [1.807, 2.05) is 6.07 Å². The molecule has 0 heterocycles. The molecule has 2 N–H and O–H groups in total. The summed E-state index contributed by atoms with van der Waals surface area (Å²) >= 11 is 3.42. The van der Waals surface area contributed by atoms with Gasteiger partial charge < -0.3 is 15.2 Å². The number of hydrogen-bond acceptors (Lipinski definition) is 5. The van der Waals surface area contributed by atoms with E-state index in [0.29, 0.717) is 23.4 Å². The number of benzene rings is 2. The lowest BCUT2D eigenvalue weighted by Crippen LogP contribution is -2.20. The van der Waals surface area contributed by atoms with Gasteiger partial charge in [-0.25, -0.2) is 0 Å². The predicted octanol–water partition coefficient (Wildman–Crippen LogP) is 4.90. The SMILES string of the molecule is O=C(CCCCCCC1C(=O)CC(O)C1Br)Oc1ccc(NC(=O)c2ccccc2)cc1. The Hall–Kier alpha value is -2.51. The van der Waals surface area contributed by atoms with Crippen molar-refractivity contribution in [3.63, 3.8) is 0 Å². The minimum absolute atomic E-state index is 0.101. The molecule has 0 radical (unpaired) electrons. The minimum Gasteiger partial charge on any atom is -0.427 e. The molecule has 170 valence electrons. The van der Waals surface area contributed by atoms with Crippen LogP contribution in [0.4, 0.5) is 5.69 Å². The first-order valence-corrected chi connectivity index (χ1v) is 11.9. The van der Waals surface area contributed by atoms with Crippen molar-refractivity contribution in [1.29, 1.82) is 0 Å². The van der Waals surface area contributed by atoms with Crippen molar-refractivity contribution in [3.8, 4) is 5.75 Å². The first kappa shape index (κ1) is 24.1. The molecule has 1 fully saturated rings.